The highest BCUT2D eigenvalue weighted by atomic mass is 35.5. The van der Waals surface area contributed by atoms with Crippen LogP contribution in [0, 0.1) is 5.82 Å². The summed E-state index contributed by atoms with van der Waals surface area (Å²) in [4.78, 5) is 12.2. The van der Waals surface area contributed by atoms with E-state index < -0.39 is 5.82 Å². The maximum atomic E-state index is 13.0. The number of hydrogen-bond acceptors (Lipinski definition) is 3. The van der Waals surface area contributed by atoms with Gasteiger partial charge in [-0.05, 0) is 36.4 Å². The van der Waals surface area contributed by atoms with Crippen LogP contribution >= 0.6 is 11.6 Å². The Morgan fingerprint density at radius 1 is 1.10 bits per heavy atom. The summed E-state index contributed by atoms with van der Waals surface area (Å²) in [5.74, 6) is 0.314. The molecule has 6 heteroatoms. The smallest absolute Gasteiger partial charge is 0.255 e. The molecule has 0 saturated carbocycles. The SMILES string of the molecule is O=C(Nc1ccc(F)cc1Cl)c1ccc2c(c1)OCCO2. The van der Waals surface area contributed by atoms with Crippen molar-refractivity contribution in [1.82, 2.24) is 0 Å². The molecular formula is C15H11ClFNO3. The first-order valence-electron chi connectivity index (χ1n) is 6.29. The molecule has 0 fully saturated rings. The lowest BCUT2D eigenvalue weighted by Gasteiger charge is -2.18. The first kappa shape index (κ1) is 13.7. The van der Waals surface area contributed by atoms with Crippen LogP contribution in [-0.4, -0.2) is 19.1 Å². The maximum Gasteiger partial charge on any atom is 0.255 e. The van der Waals surface area contributed by atoms with Gasteiger partial charge in [0.25, 0.3) is 5.91 Å². The molecule has 0 spiro atoms. The lowest BCUT2D eigenvalue weighted by atomic mass is 10.1. The highest BCUT2D eigenvalue weighted by Gasteiger charge is 2.15. The van der Waals surface area contributed by atoms with Crippen LogP contribution in [0.15, 0.2) is 36.4 Å². The topological polar surface area (TPSA) is 47.6 Å². The second-order valence-electron chi connectivity index (χ2n) is 4.44. The van der Waals surface area contributed by atoms with E-state index in [1.54, 1.807) is 18.2 Å². The van der Waals surface area contributed by atoms with Crippen molar-refractivity contribution in [2.75, 3.05) is 18.5 Å². The summed E-state index contributed by atoms with van der Waals surface area (Å²) in [6, 6.07) is 8.68. The fraction of sp³-hybridized carbons (Fsp3) is 0.133. The average Bonchev–Trinajstić information content (AvgIpc) is 2.49. The third kappa shape index (κ3) is 2.92. The van der Waals surface area contributed by atoms with Crippen LogP contribution in [0.25, 0.3) is 0 Å². The molecule has 1 heterocycles. The molecule has 0 bridgehead atoms. The van der Waals surface area contributed by atoms with Gasteiger partial charge in [-0.15, -0.1) is 0 Å². The van der Waals surface area contributed by atoms with Crippen LogP contribution in [0.1, 0.15) is 10.4 Å². The van der Waals surface area contributed by atoms with Crippen molar-refractivity contribution in [3.05, 3.63) is 52.8 Å². The van der Waals surface area contributed by atoms with Crippen molar-refractivity contribution in [2.24, 2.45) is 0 Å². The van der Waals surface area contributed by atoms with E-state index in [-0.39, 0.29) is 10.9 Å². The molecule has 1 aliphatic rings. The normalized spacial score (nSPS) is 12.9. The van der Waals surface area contributed by atoms with Gasteiger partial charge in [0, 0.05) is 5.56 Å². The summed E-state index contributed by atoms with van der Waals surface area (Å²) in [6.45, 7) is 0.936. The monoisotopic (exact) mass is 307 g/mol. The van der Waals surface area contributed by atoms with Crippen molar-refractivity contribution < 1.29 is 18.7 Å². The Morgan fingerprint density at radius 2 is 1.86 bits per heavy atom. The van der Waals surface area contributed by atoms with E-state index in [4.69, 9.17) is 21.1 Å². The van der Waals surface area contributed by atoms with E-state index >= 15 is 0 Å². The number of carbonyl (C=O) groups excluding carboxylic acids is 1. The maximum absolute atomic E-state index is 13.0. The van der Waals surface area contributed by atoms with Crippen LogP contribution in [0.2, 0.25) is 5.02 Å². The molecule has 0 saturated heterocycles. The summed E-state index contributed by atoms with van der Waals surface area (Å²) in [6.07, 6.45) is 0. The van der Waals surface area contributed by atoms with Gasteiger partial charge in [0.15, 0.2) is 11.5 Å². The predicted octanol–water partition coefficient (Wildman–Crippen LogP) is 3.50. The summed E-state index contributed by atoms with van der Waals surface area (Å²) >= 11 is 5.88. The van der Waals surface area contributed by atoms with Crippen molar-refractivity contribution in [3.8, 4) is 11.5 Å². The van der Waals surface area contributed by atoms with Gasteiger partial charge in [0.05, 0.1) is 10.7 Å². The molecule has 1 aliphatic heterocycles. The number of hydrogen-bond donors (Lipinski definition) is 1. The average molecular weight is 308 g/mol. The standard InChI is InChI=1S/C15H11ClFNO3/c16-11-8-10(17)2-3-12(11)18-15(19)9-1-4-13-14(7-9)21-6-5-20-13/h1-4,7-8H,5-6H2,(H,18,19). The van der Waals surface area contributed by atoms with E-state index in [1.807, 2.05) is 0 Å². The van der Waals surface area contributed by atoms with Crippen LogP contribution in [0.5, 0.6) is 11.5 Å². The Hall–Kier alpha value is -2.27. The summed E-state index contributed by atoms with van der Waals surface area (Å²) in [5.41, 5.74) is 0.748. The first-order valence-corrected chi connectivity index (χ1v) is 6.67. The van der Waals surface area contributed by atoms with Crippen LogP contribution in [0.3, 0.4) is 0 Å². The molecule has 0 aliphatic carbocycles. The molecule has 2 aromatic carbocycles. The molecule has 21 heavy (non-hydrogen) atoms. The Labute approximate surface area is 125 Å². The minimum absolute atomic E-state index is 0.140. The van der Waals surface area contributed by atoms with Gasteiger partial charge in [-0.25, -0.2) is 4.39 Å². The van der Waals surface area contributed by atoms with Gasteiger partial charge in [-0.3, -0.25) is 4.79 Å². The zero-order valence-corrected chi connectivity index (χ0v) is 11.6. The molecular weight excluding hydrogens is 297 g/mol. The van der Waals surface area contributed by atoms with E-state index in [9.17, 15) is 9.18 Å². The molecule has 3 rings (SSSR count). The Morgan fingerprint density at radius 3 is 2.62 bits per heavy atom. The van der Waals surface area contributed by atoms with Gasteiger partial charge in [-0.1, -0.05) is 11.6 Å². The second-order valence-corrected chi connectivity index (χ2v) is 4.84. The highest BCUT2D eigenvalue weighted by molar-refractivity contribution is 6.33. The van der Waals surface area contributed by atoms with Gasteiger partial charge in [0.1, 0.15) is 19.0 Å². The molecule has 1 amide bonds. The Kier molecular flexibility index (Phi) is 3.66. The summed E-state index contributed by atoms with van der Waals surface area (Å²) in [7, 11) is 0. The number of amides is 1. The van der Waals surface area contributed by atoms with Crippen molar-refractivity contribution in [1.29, 1.82) is 0 Å². The number of fused-ring (bicyclic) bond motifs is 1. The minimum Gasteiger partial charge on any atom is -0.486 e. The van der Waals surface area contributed by atoms with Crippen molar-refractivity contribution in [3.63, 3.8) is 0 Å². The molecule has 0 atom stereocenters. The van der Waals surface area contributed by atoms with E-state index in [1.165, 1.54) is 12.1 Å². The summed E-state index contributed by atoms with van der Waals surface area (Å²) < 4.78 is 23.8. The molecule has 1 N–H and O–H groups in total. The highest BCUT2D eigenvalue weighted by Crippen LogP contribution is 2.31. The van der Waals surface area contributed by atoms with E-state index in [2.05, 4.69) is 5.32 Å². The number of nitrogens with one attached hydrogen (secondary N) is 1. The third-order valence-electron chi connectivity index (χ3n) is 2.98. The van der Waals surface area contributed by atoms with Crippen molar-refractivity contribution >= 4 is 23.2 Å². The number of rotatable bonds is 2. The second kappa shape index (κ2) is 5.61. The number of carbonyl (C=O) groups is 1. The Balaban J connectivity index is 1.82. The van der Waals surface area contributed by atoms with Crippen LogP contribution in [0.4, 0.5) is 10.1 Å². The largest absolute Gasteiger partial charge is 0.486 e. The Bertz CT molecular complexity index is 705. The van der Waals surface area contributed by atoms with Crippen molar-refractivity contribution in [2.45, 2.75) is 0 Å². The number of benzene rings is 2. The zero-order valence-electron chi connectivity index (χ0n) is 10.9. The van der Waals surface area contributed by atoms with Gasteiger partial charge in [-0.2, -0.15) is 0 Å². The minimum atomic E-state index is -0.461. The third-order valence-corrected chi connectivity index (χ3v) is 3.30. The summed E-state index contributed by atoms with van der Waals surface area (Å²) in [5, 5.41) is 2.77. The van der Waals surface area contributed by atoms with Gasteiger partial charge in [0.2, 0.25) is 0 Å². The van der Waals surface area contributed by atoms with Crippen LogP contribution < -0.4 is 14.8 Å². The number of anilines is 1. The number of ether oxygens (including phenoxy) is 2. The lowest BCUT2D eigenvalue weighted by molar-refractivity contribution is 0.102. The lowest BCUT2D eigenvalue weighted by Crippen LogP contribution is -2.17. The van der Waals surface area contributed by atoms with E-state index in [0.29, 0.717) is 36.0 Å². The molecule has 0 unspecified atom stereocenters. The molecule has 2 aromatic rings. The van der Waals surface area contributed by atoms with E-state index in [0.717, 1.165) is 6.07 Å². The van der Waals surface area contributed by atoms with Gasteiger partial charge >= 0.3 is 0 Å². The molecule has 4 nitrogen and oxygen atoms in total. The van der Waals surface area contributed by atoms with Crippen LogP contribution in [-0.2, 0) is 0 Å². The zero-order chi connectivity index (χ0) is 14.8. The molecule has 0 aromatic heterocycles. The molecule has 0 radical (unpaired) electrons. The fourth-order valence-corrected chi connectivity index (χ4v) is 2.18. The molecule has 108 valence electrons. The predicted molar refractivity (Wildman–Crippen MR) is 76.8 cm³/mol. The fourth-order valence-electron chi connectivity index (χ4n) is 1.97. The number of halogens is 2. The quantitative estimate of drug-likeness (QED) is 0.923. The first-order chi connectivity index (χ1) is 10.1. The van der Waals surface area contributed by atoms with Gasteiger partial charge < -0.3 is 14.8 Å².